The van der Waals surface area contributed by atoms with Crippen molar-refractivity contribution in [2.24, 2.45) is 0 Å². The van der Waals surface area contributed by atoms with Gasteiger partial charge >= 0.3 is 0 Å². The van der Waals surface area contributed by atoms with Crippen LogP contribution < -0.4 is 0 Å². The number of carbonyl (C=O) groups is 1. The highest BCUT2D eigenvalue weighted by Gasteiger charge is 2.13. The Hall–Kier alpha value is -3.03. The zero-order valence-corrected chi connectivity index (χ0v) is 17.8. The summed E-state index contributed by atoms with van der Waals surface area (Å²) in [7, 11) is -1.96. The maximum atomic E-state index is 11.8. The highest BCUT2D eigenvalue weighted by atomic mass is 32.2. The number of pyridine rings is 1. The zero-order chi connectivity index (χ0) is 21.7. The summed E-state index contributed by atoms with van der Waals surface area (Å²) in [5, 5.41) is 9.78. The van der Waals surface area contributed by atoms with Crippen LogP contribution in [0.1, 0.15) is 18.4 Å². The molecule has 3 aromatic rings. The first-order chi connectivity index (χ1) is 14.3. The van der Waals surface area contributed by atoms with E-state index in [1.54, 1.807) is 30.5 Å². The van der Waals surface area contributed by atoms with Gasteiger partial charge in [-0.25, -0.2) is 13.5 Å². The van der Waals surface area contributed by atoms with Gasteiger partial charge in [0.2, 0.25) is 5.91 Å². The molecule has 0 radical (unpaired) electrons. The van der Waals surface area contributed by atoms with Crippen LogP contribution in [0, 0.1) is 0 Å². The third-order valence-electron chi connectivity index (χ3n) is 4.80. The summed E-state index contributed by atoms with van der Waals surface area (Å²) in [6.07, 6.45) is 4.44. The monoisotopic (exact) mass is 424 g/mol. The average Bonchev–Trinajstić information content (AvgIpc) is 2.73. The van der Waals surface area contributed by atoms with Crippen LogP contribution in [0.3, 0.4) is 0 Å². The number of hydroxylamine groups is 2. The fraction of sp³-hybridized carbons (Fsp3) is 0.217. The first-order valence-electron chi connectivity index (χ1n) is 9.56. The SMILES string of the molecule is CN(O)C(=O)CCCc1cnc(-c2ccccc2)c(-c2ccc(S(C)(=O)=O)cc2)c1. The largest absolute Gasteiger partial charge is 0.286 e. The third-order valence-corrected chi connectivity index (χ3v) is 5.93. The predicted molar refractivity (Wildman–Crippen MR) is 116 cm³/mol. The first-order valence-corrected chi connectivity index (χ1v) is 11.4. The highest BCUT2D eigenvalue weighted by Crippen LogP contribution is 2.32. The molecule has 0 saturated heterocycles. The minimum atomic E-state index is -3.27. The quantitative estimate of drug-likeness (QED) is 0.458. The van der Waals surface area contributed by atoms with Crippen molar-refractivity contribution in [3.05, 3.63) is 72.4 Å². The van der Waals surface area contributed by atoms with Crippen molar-refractivity contribution in [2.45, 2.75) is 24.2 Å². The van der Waals surface area contributed by atoms with Crippen LogP contribution in [0.4, 0.5) is 0 Å². The summed E-state index contributed by atoms with van der Waals surface area (Å²) >= 11 is 0. The van der Waals surface area contributed by atoms with Crippen molar-refractivity contribution < 1.29 is 18.4 Å². The van der Waals surface area contributed by atoms with Gasteiger partial charge in [0.25, 0.3) is 0 Å². The van der Waals surface area contributed by atoms with Crippen LogP contribution >= 0.6 is 0 Å². The molecule has 0 saturated carbocycles. The minimum Gasteiger partial charge on any atom is -0.286 e. The first kappa shape index (κ1) is 21.7. The molecule has 0 aliphatic carbocycles. The minimum absolute atomic E-state index is 0.242. The van der Waals surface area contributed by atoms with Crippen molar-refractivity contribution >= 4 is 15.7 Å². The summed E-state index contributed by atoms with van der Waals surface area (Å²) in [4.78, 5) is 16.5. The Morgan fingerprint density at radius 1 is 1.03 bits per heavy atom. The average molecular weight is 425 g/mol. The van der Waals surface area contributed by atoms with Crippen LogP contribution in [-0.2, 0) is 21.1 Å². The van der Waals surface area contributed by atoms with Gasteiger partial charge in [-0.3, -0.25) is 15.0 Å². The Balaban J connectivity index is 1.96. The molecule has 156 valence electrons. The number of amides is 1. The van der Waals surface area contributed by atoms with Crippen LogP contribution in [-0.4, -0.2) is 42.9 Å². The second kappa shape index (κ2) is 9.19. The summed E-state index contributed by atoms with van der Waals surface area (Å²) < 4.78 is 23.6. The Morgan fingerprint density at radius 3 is 2.30 bits per heavy atom. The van der Waals surface area contributed by atoms with Crippen LogP contribution in [0.2, 0.25) is 0 Å². The van der Waals surface area contributed by atoms with Gasteiger partial charge in [0.1, 0.15) is 0 Å². The van der Waals surface area contributed by atoms with E-state index in [9.17, 15) is 18.4 Å². The fourth-order valence-electron chi connectivity index (χ4n) is 3.18. The molecule has 0 bridgehead atoms. The normalized spacial score (nSPS) is 11.3. The van der Waals surface area contributed by atoms with E-state index in [1.807, 2.05) is 36.4 Å². The van der Waals surface area contributed by atoms with Gasteiger partial charge in [-0.15, -0.1) is 0 Å². The van der Waals surface area contributed by atoms with Crippen molar-refractivity contribution in [3.63, 3.8) is 0 Å². The zero-order valence-electron chi connectivity index (χ0n) is 16.9. The fourth-order valence-corrected chi connectivity index (χ4v) is 3.81. The van der Waals surface area contributed by atoms with E-state index in [1.165, 1.54) is 13.3 Å². The molecule has 1 amide bonds. The molecule has 2 aromatic carbocycles. The van der Waals surface area contributed by atoms with Gasteiger partial charge in [-0.1, -0.05) is 42.5 Å². The molecule has 7 heteroatoms. The summed E-state index contributed by atoms with van der Waals surface area (Å²) in [6.45, 7) is 0. The Morgan fingerprint density at radius 2 is 1.70 bits per heavy atom. The van der Waals surface area contributed by atoms with Crippen LogP contribution in [0.15, 0.2) is 71.8 Å². The predicted octanol–water partition coefficient (Wildman–Crippen LogP) is 3.99. The lowest BCUT2D eigenvalue weighted by Gasteiger charge is -2.13. The van der Waals surface area contributed by atoms with Gasteiger partial charge in [0, 0.05) is 37.0 Å². The molecule has 1 heterocycles. The van der Waals surface area contributed by atoms with E-state index in [0.29, 0.717) is 17.9 Å². The van der Waals surface area contributed by atoms with E-state index in [-0.39, 0.29) is 17.2 Å². The molecular weight excluding hydrogens is 400 g/mol. The second-order valence-corrected chi connectivity index (χ2v) is 9.19. The smallest absolute Gasteiger partial charge is 0.245 e. The number of aryl methyl sites for hydroxylation is 1. The molecule has 0 unspecified atom stereocenters. The summed E-state index contributed by atoms with van der Waals surface area (Å²) in [6, 6.07) is 18.6. The summed E-state index contributed by atoms with van der Waals surface area (Å²) in [5.74, 6) is -0.333. The number of sulfone groups is 1. The number of nitrogens with zero attached hydrogens (tertiary/aromatic N) is 2. The maximum Gasteiger partial charge on any atom is 0.245 e. The molecule has 0 aliphatic heterocycles. The standard InChI is InChI=1S/C23H24N2O4S/c1-25(27)22(26)10-6-7-17-15-21(18-11-13-20(14-12-18)30(2,28)29)23(24-16-17)19-8-4-3-5-9-19/h3-5,8-9,11-16,27H,6-7,10H2,1-2H3. The van der Waals surface area contributed by atoms with Crippen LogP contribution in [0.25, 0.3) is 22.4 Å². The van der Waals surface area contributed by atoms with Crippen molar-refractivity contribution in [1.29, 1.82) is 0 Å². The molecule has 1 aromatic heterocycles. The number of carbonyl (C=O) groups excluding carboxylic acids is 1. The number of hydrogen-bond donors (Lipinski definition) is 1. The molecule has 0 spiro atoms. The van der Waals surface area contributed by atoms with E-state index in [4.69, 9.17) is 0 Å². The third kappa shape index (κ3) is 5.31. The van der Waals surface area contributed by atoms with Crippen LogP contribution in [0.5, 0.6) is 0 Å². The Labute approximate surface area is 176 Å². The number of hydrogen-bond acceptors (Lipinski definition) is 5. The summed E-state index contributed by atoms with van der Waals surface area (Å²) in [5.41, 5.74) is 4.48. The van der Waals surface area contributed by atoms with E-state index in [0.717, 1.165) is 27.9 Å². The van der Waals surface area contributed by atoms with Gasteiger partial charge in [-0.05, 0) is 42.2 Å². The number of benzene rings is 2. The molecule has 30 heavy (non-hydrogen) atoms. The molecule has 3 rings (SSSR count). The van der Waals surface area contributed by atoms with Gasteiger partial charge in [0.15, 0.2) is 9.84 Å². The topological polar surface area (TPSA) is 87.6 Å². The van der Waals surface area contributed by atoms with Gasteiger partial charge < -0.3 is 0 Å². The molecule has 0 fully saturated rings. The number of rotatable bonds is 7. The lowest BCUT2D eigenvalue weighted by Crippen LogP contribution is -2.22. The Kier molecular flexibility index (Phi) is 6.64. The molecular formula is C23H24N2O4S. The van der Waals surface area contributed by atoms with E-state index in [2.05, 4.69) is 4.98 Å². The molecule has 0 aliphatic rings. The lowest BCUT2D eigenvalue weighted by molar-refractivity contribution is -0.159. The van der Waals surface area contributed by atoms with E-state index >= 15 is 0 Å². The van der Waals surface area contributed by atoms with Crippen molar-refractivity contribution in [3.8, 4) is 22.4 Å². The molecule has 6 nitrogen and oxygen atoms in total. The molecule has 0 atom stereocenters. The Bertz CT molecular complexity index is 1130. The van der Waals surface area contributed by atoms with Crippen molar-refractivity contribution in [1.82, 2.24) is 10.0 Å². The maximum absolute atomic E-state index is 11.8. The molecule has 1 N–H and O–H groups in total. The second-order valence-electron chi connectivity index (χ2n) is 7.17. The highest BCUT2D eigenvalue weighted by molar-refractivity contribution is 7.90. The van der Waals surface area contributed by atoms with Crippen molar-refractivity contribution in [2.75, 3.05) is 13.3 Å². The lowest BCUT2D eigenvalue weighted by atomic mass is 9.96. The number of aromatic nitrogens is 1. The van der Waals surface area contributed by atoms with E-state index < -0.39 is 9.84 Å². The van der Waals surface area contributed by atoms with Gasteiger partial charge in [0.05, 0.1) is 10.6 Å². The van der Waals surface area contributed by atoms with Gasteiger partial charge in [-0.2, -0.15) is 0 Å².